The van der Waals surface area contributed by atoms with E-state index in [4.69, 9.17) is 14.2 Å². The minimum absolute atomic E-state index is 0.221. The topological polar surface area (TPSA) is 84.4 Å². The SMILES string of the molecule is CCNC(=NCC(C)CN(C)C(=O)OC(C)(C)C)NCCCOC1CCOC1. The molecule has 0 aliphatic carbocycles. The Kier molecular flexibility index (Phi) is 11.2. The minimum atomic E-state index is -0.483. The molecule has 2 unspecified atom stereocenters. The van der Waals surface area contributed by atoms with Gasteiger partial charge in [-0.05, 0) is 46.5 Å². The summed E-state index contributed by atoms with van der Waals surface area (Å²) in [5.74, 6) is 1.01. The van der Waals surface area contributed by atoms with Crippen LogP contribution in [0.15, 0.2) is 4.99 Å². The third kappa shape index (κ3) is 11.3. The Bertz CT molecular complexity index is 473. The number of hydrogen-bond donors (Lipinski definition) is 2. The van der Waals surface area contributed by atoms with Gasteiger partial charge in [0.15, 0.2) is 5.96 Å². The molecule has 0 spiro atoms. The van der Waals surface area contributed by atoms with Gasteiger partial charge in [-0.25, -0.2) is 4.79 Å². The Morgan fingerprint density at radius 3 is 2.71 bits per heavy atom. The number of carbonyl (C=O) groups excluding carboxylic acids is 1. The molecular formula is C20H40N4O4. The molecule has 1 amide bonds. The van der Waals surface area contributed by atoms with Crippen molar-refractivity contribution < 1.29 is 19.0 Å². The summed E-state index contributed by atoms with van der Waals surface area (Å²) >= 11 is 0. The number of nitrogens with one attached hydrogen (secondary N) is 2. The van der Waals surface area contributed by atoms with E-state index in [1.165, 1.54) is 0 Å². The van der Waals surface area contributed by atoms with Gasteiger partial charge in [-0.1, -0.05) is 6.92 Å². The molecule has 1 aliphatic heterocycles. The van der Waals surface area contributed by atoms with Gasteiger partial charge < -0.3 is 29.7 Å². The van der Waals surface area contributed by atoms with Gasteiger partial charge in [0.25, 0.3) is 0 Å². The number of amides is 1. The summed E-state index contributed by atoms with van der Waals surface area (Å²) in [6, 6.07) is 0. The van der Waals surface area contributed by atoms with Crippen LogP contribution in [-0.4, -0.2) is 81.7 Å². The second-order valence-electron chi connectivity index (χ2n) is 8.32. The average Bonchev–Trinajstić information content (AvgIpc) is 3.11. The summed E-state index contributed by atoms with van der Waals surface area (Å²) in [6.45, 7) is 14.8. The van der Waals surface area contributed by atoms with E-state index < -0.39 is 5.60 Å². The molecule has 0 radical (unpaired) electrons. The maximum absolute atomic E-state index is 12.1. The van der Waals surface area contributed by atoms with Crippen LogP contribution in [0.4, 0.5) is 4.79 Å². The van der Waals surface area contributed by atoms with Crippen molar-refractivity contribution in [2.45, 2.75) is 59.2 Å². The summed E-state index contributed by atoms with van der Waals surface area (Å²) in [7, 11) is 1.76. The number of ether oxygens (including phenoxy) is 3. The number of hydrogen-bond acceptors (Lipinski definition) is 5. The van der Waals surface area contributed by atoms with Crippen LogP contribution < -0.4 is 10.6 Å². The third-order valence-electron chi connectivity index (χ3n) is 4.05. The zero-order valence-electron chi connectivity index (χ0n) is 18.5. The van der Waals surface area contributed by atoms with Gasteiger partial charge >= 0.3 is 6.09 Å². The van der Waals surface area contributed by atoms with Crippen LogP contribution >= 0.6 is 0 Å². The second-order valence-corrected chi connectivity index (χ2v) is 8.32. The van der Waals surface area contributed by atoms with Gasteiger partial charge in [-0.2, -0.15) is 0 Å². The van der Waals surface area contributed by atoms with E-state index in [1.54, 1.807) is 11.9 Å². The first-order chi connectivity index (χ1) is 13.2. The number of nitrogens with zero attached hydrogens (tertiary/aromatic N) is 2. The van der Waals surface area contributed by atoms with Gasteiger partial charge in [-0.15, -0.1) is 0 Å². The molecule has 1 fully saturated rings. The van der Waals surface area contributed by atoms with Gasteiger partial charge in [0.1, 0.15) is 5.60 Å². The van der Waals surface area contributed by atoms with Crippen LogP contribution in [0.3, 0.4) is 0 Å². The summed E-state index contributed by atoms with van der Waals surface area (Å²) in [4.78, 5) is 18.3. The second kappa shape index (κ2) is 12.8. The molecule has 1 saturated heterocycles. The van der Waals surface area contributed by atoms with Gasteiger partial charge in [-0.3, -0.25) is 4.99 Å². The molecule has 1 aliphatic rings. The highest BCUT2D eigenvalue weighted by Crippen LogP contribution is 2.10. The van der Waals surface area contributed by atoms with Crippen LogP contribution in [-0.2, 0) is 14.2 Å². The zero-order chi connectivity index (χ0) is 21.0. The molecule has 0 aromatic rings. The largest absolute Gasteiger partial charge is 0.444 e. The lowest BCUT2D eigenvalue weighted by molar-refractivity contribution is 0.0279. The molecule has 28 heavy (non-hydrogen) atoms. The first kappa shape index (κ1) is 24.5. The van der Waals surface area contributed by atoms with Crippen molar-refractivity contribution in [3.05, 3.63) is 0 Å². The molecule has 8 nitrogen and oxygen atoms in total. The van der Waals surface area contributed by atoms with Crippen molar-refractivity contribution >= 4 is 12.1 Å². The molecule has 0 aromatic heterocycles. The standard InChI is InChI=1S/C20H40N4O4/c1-7-21-18(22-10-8-11-27-17-9-12-26-15-17)23-13-16(2)14-24(6)19(25)28-20(3,4)5/h16-17H,7-15H2,1-6H3,(H2,21,22,23). The van der Waals surface area contributed by atoms with E-state index in [9.17, 15) is 4.79 Å². The number of carbonyl (C=O) groups is 1. The Labute approximate surface area is 170 Å². The van der Waals surface area contributed by atoms with Crippen molar-refractivity contribution in [2.75, 3.05) is 53.0 Å². The monoisotopic (exact) mass is 400 g/mol. The van der Waals surface area contributed by atoms with Crippen molar-refractivity contribution in [2.24, 2.45) is 10.9 Å². The van der Waals surface area contributed by atoms with E-state index in [0.29, 0.717) is 19.7 Å². The lowest BCUT2D eigenvalue weighted by atomic mass is 10.2. The van der Waals surface area contributed by atoms with E-state index in [1.807, 2.05) is 27.7 Å². The fourth-order valence-electron chi connectivity index (χ4n) is 2.70. The predicted molar refractivity (Wildman–Crippen MR) is 112 cm³/mol. The fourth-order valence-corrected chi connectivity index (χ4v) is 2.70. The highest BCUT2D eigenvalue weighted by Gasteiger charge is 2.20. The summed E-state index contributed by atoms with van der Waals surface area (Å²) in [6.07, 6.45) is 1.86. The molecule has 2 atom stereocenters. The van der Waals surface area contributed by atoms with Crippen LogP contribution in [0.25, 0.3) is 0 Å². The Balaban J connectivity index is 2.29. The molecule has 0 saturated carbocycles. The third-order valence-corrected chi connectivity index (χ3v) is 4.05. The predicted octanol–water partition coefficient (Wildman–Crippen LogP) is 2.24. The number of aliphatic imine (C=N–C) groups is 1. The van der Waals surface area contributed by atoms with E-state index in [2.05, 4.69) is 22.5 Å². The lowest BCUT2D eigenvalue weighted by Gasteiger charge is -2.26. The number of guanidine groups is 1. The molecule has 0 bridgehead atoms. The molecule has 0 aromatic carbocycles. The van der Waals surface area contributed by atoms with Gasteiger partial charge in [0.05, 0.1) is 12.7 Å². The van der Waals surface area contributed by atoms with Crippen LogP contribution in [0, 0.1) is 5.92 Å². The molecule has 164 valence electrons. The average molecular weight is 401 g/mol. The smallest absolute Gasteiger partial charge is 0.410 e. The normalized spacial score (nSPS) is 18.6. The molecule has 1 rings (SSSR count). The number of rotatable bonds is 10. The summed E-state index contributed by atoms with van der Waals surface area (Å²) in [5, 5.41) is 6.58. The van der Waals surface area contributed by atoms with Crippen molar-refractivity contribution in [1.82, 2.24) is 15.5 Å². The molecule has 1 heterocycles. The molecular weight excluding hydrogens is 360 g/mol. The van der Waals surface area contributed by atoms with E-state index in [-0.39, 0.29) is 18.1 Å². The zero-order valence-corrected chi connectivity index (χ0v) is 18.5. The van der Waals surface area contributed by atoms with Crippen LogP contribution in [0.5, 0.6) is 0 Å². The van der Waals surface area contributed by atoms with Gasteiger partial charge in [0.2, 0.25) is 0 Å². The lowest BCUT2D eigenvalue weighted by Crippen LogP contribution is -2.39. The fraction of sp³-hybridized carbons (Fsp3) is 0.900. The summed E-state index contributed by atoms with van der Waals surface area (Å²) in [5.41, 5.74) is -0.483. The highest BCUT2D eigenvalue weighted by molar-refractivity contribution is 5.79. The Hall–Kier alpha value is -1.54. The maximum atomic E-state index is 12.1. The minimum Gasteiger partial charge on any atom is -0.444 e. The first-order valence-electron chi connectivity index (χ1n) is 10.4. The first-order valence-corrected chi connectivity index (χ1v) is 10.4. The van der Waals surface area contributed by atoms with E-state index >= 15 is 0 Å². The van der Waals surface area contributed by atoms with E-state index in [0.717, 1.165) is 45.1 Å². The van der Waals surface area contributed by atoms with Crippen molar-refractivity contribution in [3.63, 3.8) is 0 Å². The Morgan fingerprint density at radius 2 is 2.11 bits per heavy atom. The van der Waals surface area contributed by atoms with Crippen LogP contribution in [0.2, 0.25) is 0 Å². The molecule has 2 N–H and O–H groups in total. The maximum Gasteiger partial charge on any atom is 0.410 e. The molecule has 8 heteroatoms. The Morgan fingerprint density at radius 1 is 1.36 bits per heavy atom. The quantitative estimate of drug-likeness (QED) is 0.332. The van der Waals surface area contributed by atoms with Crippen molar-refractivity contribution in [3.8, 4) is 0 Å². The highest BCUT2D eigenvalue weighted by atomic mass is 16.6. The van der Waals surface area contributed by atoms with Crippen LogP contribution in [0.1, 0.15) is 47.5 Å². The summed E-state index contributed by atoms with van der Waals surface area (Å²) < 4.78 is 16.5. The van der Waals surface area contributed by atoms with Gasteiger partial charge in [0, 0.05) is 46.4 Å². The van der Waals surface area contributed by atoms with Crippen molar-refractivity contribution in [1.29, 1.82) is 0 Å².